The molecule has 0 aliphatic heterocycles. The van der Waals surface area contributed by atoms with E-state index in [1.165, 1.54) is 17.0 Å². The summed E-state index contributed by atoms with van der Waals surface area (Å²) < 4.78 is 1.22. The van der Waals surface area contributed by atoms with E-state index in [2.05, 4.69) is 10.3 Å². The Balaban J connectivity index is 2.09. The van der Waals surface area contributed by atoms with Gasteiger partial charge < -0.3 is 11.1 Å². The van der Waals surface area contributed by atoms with Gasteiger partial charge in [-0.3, -0.25) is 14.2 Å². The van der Waals surface area contributed by atoms with E-state index in [1.807, 2.05) is 0 Å². The number of nitrogens with two attached hydrogens (primary N) is 1. The highest BCUT2D eigenvalue weighted by Gasteiger charge is 2.06. The highest BCUT2D eigenvalue weighted by molar-refractivity contribution is 6.33. The molecule has 0 saturated heterocycles. The zero-order valence-corrected chi connectivity index (χ0v) is 11.5. The molecule has 3 N–H and O–H groups in total. The summed E-state index contributed by atoms with van der Waals surface area (Å²) in [6.45, 7) is 1.59. The third-order valence-corrected chi connectivity index (χ3v) is 2.95. The molecule has 0 bridgehead atoms. The van der Waals surface area contributed by atoms with E-state index in [-0.39, 0.29) is 18.0 Å². The van der Waals surface area contributed by atoms with Gasteiger partial charge in [-0.25, -0.2) is 4.98 Å². The van der Waals surface area contributed by atoms with Crippen molar-refractivity contribution in [1.29, 1.82) is 0 Å². The fourth-order valence-electron chi connectivity index (χ4n) is 1.61. The molecule has 20 heavy (non-hydrogen) atoms. The highest BCUT2D eigenvalue weighted by Crippen LogP contribution is 2.22. The van der Waals surface area contributed by atoms with Crippen LogP contribution in [0.1, 0.15) is 5.69 Å². The van der Waals surface area contributed by atoms with Gasteiger partial charge in [-0.2, -0.15) is 0 Å². The van der Waals surface area contributed by atoms with Gasteiger partial charge in [0.2, 0.25) is 5.91 Å². The number of amides is 1. The second kappa shape index (κ2) is 5.75. The number of halogens is 1. The number of aryl methyl sites for hydroxylation is 1. The zero-order valence-electron chi connectivity index (χ0n) is 10.8. The minimum atomic E-state index is -0.348. The largest absolute Gasteiger partial charge is 0.397 e. The van der Waals surface area contributed by atoms with E-state index in [1.54, 1.807) is 25.1 Å². The summed E-state index contributed by atoms with van der Waals surface area (Å²) >= 11 is 5.79. The number of hydrogen-bond acceptors (Lipinski definition) is 4. The van der Waals surface area contributed by atoms with Gasteiger partial charge in [-0.1, -0.05) is 11.6 Å². The first-order valence-electron chi connectivity index (χ1n) is 5.83. The van der Waals surface area contributed by atoms with Crippen LogP contribution in [0.5, 0.6) is 0 Å². The first-order chi connectivity index (χ1) is 9.45. The first-order valence-corrected chi connectivity index (χ1v) is 6.21. The summed E-state index contributed by atoms with van der Waals surface area (Å²) in [5.41, 5.74) is 6.87. The molecule has 2 aromatic rings. The Morgan fingerprint density at radius 2 is 2.20 bits per heavy atom. The van der Waals surface area contributed by atoms with E-state index in [9.17, 15) is 9.59 Å². The molecule has 1 aromatic heterocycles. The van der Waals surface area contributed by atoms with Gasteiger partial charge in [-0.15, -0.1) is 0 Å². The van der Waals surface area contributed by atoms with Crippen LogP contribution in [0.25, 0.3) is 0 Å². The van der Waals surface area contributed by atoms with E-state index < -0.39 is 0 Å². The van der Waals surface area contributed by atoms with Crippen molar-refractivity contribution in [3.8, 4) is 0 Å². The van der Waals surface area contributed by atoms with Crippen molar-refractivity contribution in [2.24, 2.45) is 0 Å². The molecule has 0 unspecified atom stereocenters. The Bertz CT molecular complexity index is 712. The molecular formula is C13H13ClN4O2. The van der Waals surface area contributed by atoms with Crippen molar-refractivity contribution >= 4 is 28.9 Å². The monoisotopic (exact) mass is 292 g/mol. The minimum Gasteiger partial charge on any atom is -0.397 e. The van der Waals surface area contributed by atoms with Crippen LogP contribution < -0.4 is 16.6 Å². The maximum absolute atomic E-state index is 11.8. The molecule has 2 rings (SSSR count). The molecule has 1 amide bonds. The molecule has 0 spiro atoms. The maximum atomic E-state index is 11.8. The van der Waals surface area contributed by atoms with Gasteiger partial charge in [-0.05, 0) is 25.1 Å². The molecule has 1 heterocycles. The number of anilines is 2. The lowest BCUT2D eigenvalue weighted by molar-refractivity contribution is -0.116. The molecule has 0 aliphatic carbocycles. The summed E-state index contributed by atoms with van der Waals surface area (Å²) in [7, 11) is 0. The molecule has 0 atom stereocenters. The number of hydrogen-bond donors (Lipinski definition) is 2. The molecule has 7 heteroatoms. The van der Waals surface area contributed by atoms with Gasteiger partial charge in [0.1, 0.15) is 6.54 Å². The van der Waals surface area contributed by atoms with Crippen LogP contribution in [0, 0.1) is 6.92 Å². The third kappa shape index (κ3) is 3.36. The quantitative estimate of drug-likeness (QED) is 0.837. The van der Waals surface area contributed by atoms with Crippen molar-refractivity contribution in [2.45, 2.75) is 13.5 Å². The lowest BCUT2D eigenvalue weighted by atomic mass is 10.3. The van der Waals surface area contributed by atoms with Crippen LogP contribution in [-0.2, 0) is 11.3 Å². The van der Waals surface area contributed by atoms with E-state index >= 15 is 0 Å². The Hall–Kier alpha value is -2.34. The van der Waals surface area contributed by atoms with E-state index in [0.717, 1.165) is 0 Å². The van der Waals surface area contributed by atoms with Crippen LogP contribution in [0.2, 0.25) is 5.02 Å². The molecule has 0 aliphatic rings. The lowest BCUT2D eigenvalue weighted by Gasteiger charge is -2.08. The third-order valence-electron chi connectivity index (χ3n) is 2.61. The van der Waals surface area contributed by atoms with Gasteiger partial charge in [0, 0.05) is 17.4 Å². The van der Waals surface area contributed by atoms with Crippen LogP contribution in [-0.4, -0.2) is 15.5 Å². The number of nitrogen functional groups attached to an aromatic ring is 1. The second-order valence-electron chi connectivity index (χ2n) is 4.28. The number of nitrogens with zero attached hydrogens (tertiary/aromatic N) is 2. The smallest absolute Gasteiger partial charge is 0.253 e. The SMILES string of the molecule is Cc1cc(=O)n(CC(=O)Nc2ccc(Cl)c(N)c2)cn1. The Morgan fingerprint density at radius 3 is 2.85 bits per heavy atom. The van der Waals surface area contributed by atoms with Crippen LogP contribution in [0.3, 0.4) is 0 Å². The molecule has 104 valence electrons. The van der Waals surface area contributed by atoms with Crippen molar-refractivity contribution < 1.29 is 4.79 Å². The van der Waals surface area contributed by atoms with Crippen LogP contribution in [0.4, 0.5) is 11.4 Å². The number of benzene rings is 1. The van der Waals surface area contributed by atoms with E-state index in [0.29, 0.717) is 22.1 Å². The predicted molar refractivity (Wildman–Crippen MR) is 77.7 cm³/mol. The van der Waals surface area contributed by atoms with Crippen LogP contribution in [0.15, 0.2) is 35.4 Å². The van der Waals surface area contributed by atoms with Gasteiger partial charge in [0.05, 0.1) is 17.0 Å². The standard InChI is InChI=1S/C13H13ClN4O2/c1-8-4-13(20)18(7-16-8)6-12(19)17-9-2-3-10(14)11(15)5-9/h2-5,7H,6,15H2,1H3,(H,17,19). The molecular weight excluding hydrogens is 280 g/mol. The van der Waals surface area contributed by atoms with Crippen LogP contribution >= 0.6 is 11.6 Å². The summed E-state index contributed by atoms with van der Waals surface area (Å²) in [4.78, 5) is 27.4. The van der Waals surface area contributed by atoms with Gasteiger partial charge in [0.25, 0.3) is 5.56 Å². The molecule has 1 aromatic carbocycles. The van der Waals surface area contributed by atoms with Crippen molar-refractivity contribution in [3.05, 3.63) is 51.7 Å². The summed E-state index contributed by atoms with van der Waals surface area (Å²) in [6.07, 6.45) is 1.34. The molecule has 0 saturated carbocycles. The lowest BCUT2D eigenvalue weighted by Crippen LogP contribution is -2.27. The molecule has 6 nitrogen and oxygen atoms in total. The average molecular weight is 293 g/mol. The Labute approximate surface area is 120 Å². The van der Waals surface area contributed by atoms with E-state index in [4.69, 9.17) is 17.3 Å². The van der Waals surface area contributed by atoms with Gasteiger partial charge >= 0.3 is 0 Å². The number of carbonyl (C=O) groups is 1. The zero-order chi connectivity index (χ0) is 14.7. The topological polar surface area (TPSA) is 90.0 Å². The number of carbonyl (C=O) groups excluding carboxylic acids is 1. The summed E-state index contributed by atoms with van der Waals surface area (Å²) in [5.74, 6) is -0.348. The normalized spacial score (nSPS) is 10.3. The fraction of sp³-hybridized carbons (Fsp3) is 0.154. The first kappa shape index (κ1) is 14.1. The molecule has 0 fully saturated rings. The average Bonchev–Trinajstić information content (AvgIpc) is 2.37. The van der Waals surface area contributed by atoms with Crippen molar-refractivity contribution in [3.63, 3.8) is 0 Å². The fourth-order valence-corrected chi connectivity index (χ4v) is 1.73. The second-order valence-corrected chi connectivity index (χ2v) is 4.69. The number of aromatic nitrogens is 2. The minimum absolute atomic E-state index is 0.116. The Kier molecular flexibility index (Phi) is 4.05. The van der Waals surface area contributed by atoms with Crippen molar-refractivity contribution in [2.75, 3.05) is 11.1 Å². The predicted octanol–water partition coefficient (Wildman–Crippen LogP) is 1.43. The summed E-state index contributed by atoms with van der Waals surface area (Å²) in [6, 6.07) is 6.14. The molecule has 0 radical (unpaired) electrons. The number of rotatable bonds is 3. The van der Waals surface area contributed by atoms with Crippen molar-refractivity contribution in [1.82, 2.24) is 9.55 Å². The maximum Gasteiger partial charge on any atom is 0.253 e. The number of nitrogens with one attached hydrogen (secondary N) is 1. The van der Waals surface area contributed by atoms with Gasteiger partial charge in [0.15, 0.2) is 0 Å². The Morgan fingerprint density at radius 1 is 1.45 bits per heavy atom. The highest BCUT2D eigenvalue weighted by atomic mass is 35.5. The summed E-state index contributed by atoms with van der Waals surface area (Å²) in [5, 5.41) is 3.05.